The lowest BCUT2D eigenvalue weighted by Crippen LogP contribution is -2.45. The van der Waals surface area contributed by atoms with E-state index in [2.05, 4.69) is 44.0 Å². The average Bonchev–Trinajstić information content (AvgIpc) is 3.02. The van der Waals surface area contributed by atoms with Crippen molar-refractivity contribution in [2.75, 3.05) is 71.2 Å². The van der Waals surface area contributed by atoms with Crippen molar-refractivity contribution >= 4 is 58.3 Å². The van der Waals surface area contributed by atoms with Crippen LogP contribution in [0.5, 0.6) is 17.2 Å². The summed E-state index contributed by atoms with van der Waals surface area (Å²) in [6.45, 7) is 10.8. The molecule has 3 aromatic rings. The summed E-state index contributed by atoms with van der Waals surface area (Å²) in [6.07, 6.45) is 5.25. The second-order valence-corrected chi connectivity index (χ2v) is 10.8. The van der Waals surface area contributed by atoms with Gasteiger partial charge in [0.25, 0.3) is 0 Å². The van der Waals surface area contributed by atoms with E-state index in [1.165, 1.54) is 44.8 Å². The Kier molecular flexibility index (Phi) is 11.4. The van der Waals surface area contributed by atoms with E-state index in [-0.39, 0.29) is 39.0 Å². The number of anilines is 3. The zero-order chi connectivity index (χ0) is 31.8. The highest BCUT2D eigenvalue weighted by Gasteiger charge is 2.21. The Labute approximate surface area is 266 Å². The van der Waals surface area contributed by atoms with Crippen molar-refractivity contribution in [3.8, 4) is 17.2 Å². The smallest absolute Gasteiger partial charge is 0.247 e. The number of benzene rings is 2. The normalized spacial score (nSPS) is 14.2. The molecule has 2 N–H and O–H groups in total. The lowest BCUT2D eigenvalue weighted by Gasteiger charge is -2.32. The number of nitrogens with one attached hydrogen (secondary N) is 2. The summed E-state index contributed by atoms with van der Waals surface area (Å²) in [5, 5.41) is 5.96. The number of hydrogen-bond acceptors (Lipinski definition) is 9. The first-order valence-electron chi connectivity index (χ1n) is 13.8. The first-order valence-corrected chi connectivity index (χ1v) is 14.6. The summed E-state index contributed by atoms with van der Waals surface area (Å²) in [7, 11) is 4.94. The van der Waals surface area contributed by atoms with Gasteiger partial charge in [-0.2, -0.15) is 0 Å². The van der Waals surface area contributed by atoms with Gasteiger partial charge in [-0.1, -0.05) is 29.8 Å². The average molecular weight is 646 g/mol. The molecule has 0 atom stereocenters. The van der Waals surface area contributed by atoms with Gasteiger partial charge in [-0.05, 0) is 38.3 Å². The highest BCUT2D eigenvalue weighted by Crippen LogP contribution is 2.44. The standard InChI is InChI=1S/C31H35Cl2FN6O4/c1-6-26(41)37-22-7-8-23(44-14-13-40-11-9-39(3)10-12-40)19(2)30(22)38-31-35-17-20(18-36-31)15-21(34)27-28(32)24(42-4)16-25(43-5)29(27)33/h6-8,15-18H,1,9-14H2,2-5H3,(H,37,41)(H,35,36,38)/b21-15-. The van der Waals surface area contributed by atoms with Crippen molar-refractivity contribution in [3.63, 3.8) is 0 Å². The molecule has 10 nitrogen and oxygen atoms in total. The largest absolute Gasteiger partial charge is 0.495 e. The Morgan fingerprint density at radius 3 is 2.30 bits per heavy atom. The third-order valence-corrected chi connectivity index (χ3v) is 7.88. The van der Waals surface area contributed by atoms with Gasteiger partial charge in [0.2, 0.25) is 11.9 Å². The molecule has 0 bridgehead atoms. The van der Waals surface area contributed by atoms with Crippen molar-refractivity contribution in [1.29, 1.82) is 0 Å². The van der Waals surface area contributed by atoms with Crippen molar-refractivity contribution in [2.24, 2.45) is 0 Å². The third kappa shape index (κ3) is 7.97. The zero-order valence-electron chi connectivity index (χ0n) is 25.0. The van der Waals surface area contributed by atoms with E-state index >= 15 is 4.39 Å². The van der Waals surface area contributed by atoms with Crippen LogP contribution in [0.2, 0.25) is 10.0 Å². The van der Waals surface area contributed by atoms with Crippen molar-refractivity contribution in [1.82, 2.24) is 19.8 Å². The first-order chi connectivity index (χ1) is 21.1. The molecular formula is C31H35Cl2FN6O4. The van der Waals surface area contributed by atoms with Gasteiger partial charge in [-0.25, -0.2) is 14.4 Å². The molecule has 1 aliphatic rings. The van der Waals surface area contributed by atoms with Crippen LogP contribution < -0.4 is 24.8 Å². The van der Waals surface area contributed by atoms with Crippen molar-refractivity contribution in [3.05, 3.63) is 70.0 Å². The molecule has 2 heterocycles. The number of ether oxygens (including phenoxy) is 3. The predicted molar refractivity (Wildman–Crippen MR) is 173 cm³/mol. The summed E-state index contributed by atoms with van der Waals surface area (Å²) >= 11 is 12.7. The van der Waals surface area contributed by atoms with Gasteiger partial charge >= 0.3 is 0 Å². The molecule has 1 fully saturated rings. The second kappa shape index (κ2) is 15.2. The maximum absolute atomic E-state index is 15.4. The molecule has 0 aliphatic carbocycles. The van der Waals surface area contributed by atoms with E-state index in [9.17, 15) is 4.79 Å². The molecule has 234 valence electrons. The number of nitrogens with zero attached hydrogens (tertiary/aromatic N) is 4. The number of methoxy groups -OCH3 is 2. The van der Waals surface area contributed by atoms with Crippen LogP contribution in [0, 0.1) is 6.92 Å². The molecule has 0 saturated carbocycles. The molecule has 0 spiro atoms. The van der Waals surface area contributed by atoms with Crippen LogP contribution in [-0.2, 0) is 4.79 Å². The molecular weight excluding hydrogens is 610 g/mol. The Morgan fingerprint density at radius 2 is 1.70 bits per heavy atom. The van der Waals surface area contributed by atoms with Crippen LogP contribution in [0.3, 0.4) is 0 Å². The van der Waals surface area contributed by atoms with Crippen LogP contribution in [0.1, 0.15) is 16.7 Å². The van der Waals surface area contributed by atoms with Gasteiger partial charge in [-0.3, -0.25) is 9.69 Å². The highest BCUT2D eigenvalue weighted by atomic mass is 35.5. The molecule has 0 radical (unpaired) electrons. The number of carbonyl (C=O) groups excluding carboxylic acids is 1. The van der Waals surface area contributed by atoms with E-state index in [1.807, 2.05) is 13.0 Å². The second-order valence-electron chi connectivity index (χ2n) is 10.0. The number of amides is 1. The molecule has 13 heteroatoms. The van der Waals surface area contributed by atoms with Crippen LogP contribution in [0.4, 0.5) is 21.7 Å². The molecule has 1 aromatic heterocycles. The van der Waals surface area contributed by atoms with Crippen LogP contribution >= 0.6 is 23.2 Å². The number of rotatable bonds is 12. The maximum atomic E-state index is 15.4. The number of carbonyl (C=O) groups is 1. The van der Waals surface area contributed by atoms with Crippen molar-refractivity contribution in [2.45, 2.75) is 6.92 Å². The number of piperazine rings is 1. The SMILES string of the molecule is C=CC(=O)Nc1ccc(OCCN2CCN(C)CC2)c(C)c1Nc1ncc(/C=C(\F)c2c(Cl)c(OC)cc(OC)c2Cl)cn1. The Hall–Kier alpha value is -3.90. The molecule has 2 aromatic carbocycles. The van der Waals surface area contributed by atoms with Crippen LogP contribution in [0.15, 0.2) is 43.2 Å². The van der Waals surface area contributed by atoms with Gasteiger partial charge in [0.1, 0.15) is 29.7 Å². The fourth-order valence-corrected chi connectivity index (χ4v) is 5.24. The summed E-state index contributed by atoms with van der Waals surface area (Å²) in [4.78, 5) is 25.5. The Morgan fingerprint density at radius 1 is 1.07 bits per heavy atom. The summed E-state index contributed by atoms with van der Waals surface area (Å²) in [6, 6.07) is 5.03. The molecule has 4 rings (SSSR count). The van der Waals surface area contributed by atoms with Gasteiger partial charge in [0.05, 0.1) is 41.2 Å². The minimum absolute atomic E-state index is 0.00136. The third-order valence-electron chi connectivity index (χ3n) is 7.13. The van der Waals surface area contributed by atoms with E-state index in [0.29, 0.717) is 29.3 Å². The monoisotopic (exact) mass is 644 g/mol. The molecule has 1 amide bonds. The van der Waals surface area contributed by atoms with E-state index in [4.69, 9.17) is 37.4 Å². The highest BCUT2D eigenvalue weighted by molar-refractivity contribution is 6.39. The number of halogens is 3. The Balaban J connectivity index is 1.55. The molecule has 44 heavy (non-hydrogen) atoms. The molecule has 1 aliphatic heterocycles. The van der Waals surface area contributed by atoms with Gasteiger partial charge in [0, 0.05) is 62.3 Å². The van der Waals surface area contributed by atoms with Gasteiger partial charge in [0.15, 0.2) is 0 Å². The summed E-state index contributed by atoms with van der Waals surface area (Å²) in [5.41, 5.74) is 2.07. The van der Waals surface area contributed by atoms with Crippen LogP contribution in [-0.4, -0.2) is 86.3 Å². The van der Waals surface area contributed by atoms with Crippen LogP contribution in [0.25, 0.3) is 11.9 Å². The number of aromatic nitrogens is 2. The topological polar surface area (TPSA) is 101 Å². The van der Waals surface area contributed by atoms with Gasteiger partial charge in [-0.15, -0.1) is 0 Å². The lowest BCUT2D eigenvalue weighted by molar-refractivity contribution is -0.111. The molecule has 0 unspecified atom stereocenters. The minimum Gasteiger partial charge on any atom is -0.495 e. The fraction of sp³-hybridized carbons (Fsp3) is 0.323. The quantitative estimate of drug-likeness (QED) is 0.227. The fourth-order valence-electron chi connectivity index (χ4n) is 4.56. The zero-order valence-corrected chi connectivity index (χ0v) is 26.6. The summed E-state index contributed by atoms with van der Waals surface area (Å²) in [5.74, 6) is 0.189. The summed E-state index contributed by atoms with van der Waals surface area (Å²) < 4.78 is 32.0. The molecule has 1 saturated heterocycles. The Bertz CT molecular complexity index is 1500. The lowest BCUT2D eigenvalue weighted by atomic mass is 10.1. The maximum Gasteiger partial charge on any atom is 0.247 e. The first kappa shape index (κ1) is 33.0. The minimum atomic E-state index is -0.729. The predicted octanol–water partition coefficient (Wildman–Crippen LogP) is 6.07. The number of likely N-dealkylation sites (N-methyl/N-ethyl adjacent to an activating group) is 1. The van der Waals surface area contributed by atoms with E-state index < -0.39 is 5.83 Å². The number of hydrogen-bond donors (Lipinski definition) is 2. The van der Waals surface area contributed by atoms with Crippen molar-refractivity contribution < 1.29 is 23.4 Å². The van der Waals surface area contributed by atoms with E-state index in [1.54, 1.807) is 6.07 Å². The van der Waals surface area contributed by atoms with E-state index in [0.717, 1.165) is 38.3 Å². The van der Waals surface area contributed by atoms with Gasteiger partial charge < -0.3 is 29.7 Å².